The summed E-state index contributed by atoms with van der Waals surface area (Å²) in [6.45, 7) is 39.3. The zero-order valence-electron chi connectivity index (χ0n) is 68.2. The van der Waals surface area contributed by atoms with Crippen LogP contribution < -0.4 is 21.9 Å². The summed E-state index contributed by atoms with van der Waals surface area (Å²) in [5, 5.41) is 7.92. The Morgan fingerprint density at radius 2 is 0.527 bits per heavy atom. The third-order valence-corrected chi connectivity index (χ3v) is 31.2. The first-order valence-corrected chi connectivity index (χ1v) is 42.2. The topological polar surface area (TPSA) is 19.7 Å². The maximum Gasteiger partial charge on any atom is 0.333 e. The Hall–Kier alpha value is -10.3. The largest absolute Gasteiger partial charge is 0.374 e. The lowest BCUT2D eigenvalue weighted by Gasteiger charge is -2.42. The summed E-state index contributed by atoms with van der Waals surface area (Å²) in [5.41, 5.74) is 46.8. The van der Waals surface area contributed by atoms with Crippen LogP contribution in [0.4, 0.5) is 0 Å². The fourth-order valence-electron chi connectivity index (χ4n) is 24.5. The first-order chi connectivity index (χ1) is 53.5. The minimum atomic E-state index is -0.123. The van der Waals surface area contributed by atoms with E-state index < -0.39 is 0 Å². The van der Waals surface area contributed by atoms with Crippen LogP contribution in [0.3, 0.4) is 0 Å². The highest BCUT2D eigenvalue weighted by Crippen LogP contribution is 2.57. The van der Waals surface area contributed by atoms with E-state index in [0.29, 0.717) is 0 Å². The van der Waals surface area contributed by atoms with Gasteiger partial charge in [0.1, 0.15) is 0 Å². The second-order valence-electron chi connectivity index (χ2n) is 41.2. The minimum absolute atomic E-state index is 0.0449. The van der Waals surface area contributed by atoms with Crippen LogP contribution >= 0.6 is 0 Å². The molecule has 0 atom stereocenters. The van der Waals surface area contributed by atoms with Crippen molar-refractivity contribution in [2.45, 2.75) is 205 Å². The first-order valence-electron chi connectivity index (χ1n) is 42.2. The molecule has 4 aliphatic heterocycles. The molecule has 0 unspecified atom stereocenters. The van der Waals surface area contributed by atoms with Gasteiger partial charge >= 0.3 is 13.7 Å². The standard InChI is InChI=1S/C106H98B2N4/c1-99(2)43-47-103(9,10)79-53-59(35-39-75(79)99)63-51-73(61-37-41-77-81(55-61)105(13,14)49-45-101(77,5)6)89-69-27-19-31-83-95(69)109(87(89)57-63)85-33-21-23-65-67-25-17-29-71-93(67)111(107(83)91(65)85)97-72-30-18-26-68-66-24-22-34-86-92(66)108(112(94(68)72)98(71)97)84-32-20-28-70-90-74(62-38-42-78-82(56-62)106(15,16)50-46-102(78,7)8)52-64(58-88(90)110(86)96(70)84)60-36-40-76-80(54-60)104(11,12)48-44-100(76,3)4/h17-42,51-58H,43-50H2,1-16H3. The molecule has 112 heavy (non-hydrogen) atoms. The van der Waals surface area contributed by atoms with Crippen molar-refractivity contribution in [3.63, 3.8) is 0 Å². The Kier molecular flexibility index (Phi) is 12.5. The van der Waals surface area contributed by atoms with Gasteiger partial charge in [-0.25, -0.2) is 0 Å². The molecule has 4 aromatic heterocycles. The second kappa shape index (κ2) is 21.1. The summed E-state index contributed by atoms with van der Waals surface area (Å²) in [6, 6.07) is 84.7. The molecular weight excluding hydrogens is 1350 g/mol. The molecule has 16 aromatic rings. The molecule has 4 nitrogen and oxygen atoms in total. The molecular formula is C106H98B2N4. The predicted octanol–water partition coefficient (Wildman–Crippen LogP) is 24.9. The van der Waals surface area contributed by atoms with E-state index in [0.717, 1.165) is 0 Å². The Balaban J connectivity index is 0.764. The number of para-hydroxylation sites is 4. The fourth-order valence-corrected chi connectivity index (χ4v) is 24.5. The van der Waals surface area contributed by atoms with Crippen LogP contribution in [-0.2, 0) is 43.3 Å². The summed E-state index contributed by atoms with van der Waals surface area (Å²) in [4.78, 5) is 0. The number of benzene rings is 12. The van der Waals surface area contributed by atoms with E-state index in [4.69, 9.17) is 0 Å². The Morgan fingerprint density at radius 1 is 0.232 bits per heavy atom. The molecule has 0 saturated carbocycles. The highest BCUT2D eigenvalue weighted by Gasteiger charge is 2.49. The molecule has 0 amide bonds. The zero-order chi connectivity index (χ0) is 76.3. The van der Waals surface area contributed by atoms with Gasteiger partial charge in [0.15, 0.2) is 0 Å². The van der Waals surface area contributed by atoms with E-state index in [-0.39, 0.29) is 57.0 Å². The number of nitrogens with zero attached hydrogens (tertiary/aromatic N) is 4. The lowest BCUT2D eigenvalue weighted by Crippen LogP contribution is -2.55. The first kappa shape index (κ1) is 66.3. The smallest absolute Gasteiger partial charge is 0.333 e. The average molecular weight is 1450 g/mol. The number of rotatable bonds is 4. The molecule has 0 saturated heterocycles. The van der Waals surface area contributed by atoms with E-state index in [9.17, 15) is 0 Å². The number of hydrogen-bond acceptors (Lipinski definition) is 0. The van der Waals surface area contributed by atoms with Crippen LogP contribution in [0.2, 0.25) is 0 Å². The third-order valence-electron chi connectivity index (χ3n) is 31.2. The highest BCUT2D eigenvalue weighted by molar-refractivity contribution is 6.92. The van der Waals surface area contributed by atoms with Crippen molar-refractivity contribution in [2.24, 2.45) is 0 Å². The fraction of sp³-hybridized carbons (Fsp3) is 0.302. The summed E-state index contributed by atoms with van der Waals surface area (Å²) >= 11 is 0. The van der Waals surface area contributed by atoms with Gasteiger partial charge in [-0.05, 0) is 253 Å². The highest BCUT2D eigenvalue weighted by atomic mass is 15.1. The molecule has 6 heteroatoms. The summed E-state index contributed by atoms with van der Waals surface area (Å²) in [7, 11) is 0. The monoisotopic (exact) mass is 1450 g/mol. The van der Waals surface area contributed by atoms with Gasteiger partial charge in [-0.1, -0.05) is 281 Å². The van der Waals surface area contributed by atoms with Gasteiger partial charge in [0.2, 0.25) is 0 Å². The van der Waals surface area contributed by atoms with Gasteiger partial charge in [0.25, 0.3) is 0 Å². The van der Waals surface area contributed by atoms with Crippen LogP contribution in [0.25, 0.3) is 155 Å². The predicted molar refractivity (Wildman–Crippen MR) is 478 cm³/mol. The van der Waals surface area contributed by atoms with E-state index in [2.05, 4.69) is 335 Å². The Bertz CT molecular complexity index is 6670. The van der Waals surface area contributed by atoms with E-state index in [1.165, 1.54) is 272 Å². The lowest BCUT2D eigenvalue weighted by molar-refractivity contribution is 0.332. The van der Waals surface area contributed by atoms with Crippen LogP contribution in [0, 0.1) is 0 Å². The van der Waals surface area contributed by atoms with Crippen molar-refractivity contribution in [3.05, 3.63) is 251 Å². The van der Waals surface area contributed by atoms with Crippen molar-refractivity contribution >= 4 is 112 Å². The van der Waals surface area contributed by atoms with Gasteiger partial charge in [-0.2, -0.15) is 0 Å². The maximum absolute atomic E-state index is 2.87. The summed E-state index contributed by atoms with van der Waals surface area (Å²) < 4.78 is 11.2. The van der Waals surface area contributed by atoms with Crippen LogP contribution in [0.1, 0.15) is 207 Å². The van der Waals surface area contributed by atoms with Gasteiger partial charge in [0.05, 0.1) is 33.1 Å². The molecule has 0 bridgehead atoms. The molecule has 0 spiro atoms. The quantitative estimate of drug-likeness (QED) is 0.157. The number of aromatic nitrogens is 4. The maximum atomic E-state index is 2.87. The molecule has 8 aliphatic rings. The molecule has 8 heterocycles. The molecule has 12 aromatic carbocycles. The van der Waals surface area contributed by atoms with Crippen molar-refractivity contribution in [1.29, 1.82) is 0 Å². The van der Waals surface area contributed by atoms with Crippen molar-refractivity contribution in [1.82, 2.24) is 18.1 Å². The van der Waals surface area contributed by atoms with Crippen molar-refractivity contribution in [2.75, 3.05) is 0 Å². The molecule has 0 radical (unpaired) electrons. The zero-order valence-corrected chi connectivity index (χ0v) is 68.2. The summed E-state index contributed by atoms with van der Waals surface area (Å²) in [5.74, 6) is 0. The Morgan fingerprint density at radius 3 is 0.884 bits per heavy atom. The summed E-state index contributed by atoms with van der Waals surface area (Å²) in [6.07, 6.45) is 9.43. The number of fused-ring (bicyclic) bond motifs is 23. The second-order valence-corrected chi connectivity index (χ2v) is 41.2. The van der Waals surface area contributed by atoms with Crippen molar-refractivity contribution in [3.8, 4) is 78.1 Å². The third kappa shape index (κ3) is 8.32. The van der Waals surface area contributed by atoms with Gasteiger partial charge in [-0.3, -0.25) is 0 Å². The van der Waals surface area contributed by atoms with Gasteiger partial charge in [-0.15, -0.1) is 0 Å². The van der Waals surface area contributed by atoms with E-state index >= 15 is 0 Å². The lowest BCUT2D eigenvalue weighted by atomic mass is 9.45. The molecule has 0 fully saturated rings. The van der Waals surface area contributed by atoms with Crippen LogP contribution in [0.5, 0.6) is 0 Å². The van der Waals surface area contributed by atoms with E-state index in [1.54, 1.807) is 0 Å². The Labute approximate surface area is 660 Å². The van der Waals surface area contributed by atoms with Gasteiger partial charge in [0, 0.05) is 65.9 Å². The van der Waals surface area contributed by atoms with Gasteiger partial charge < -0.3 is 18.1 Å². The molecule has 4 aliphatic carbocycles. The SMILES string of the molecule is CC1(C)CCC(C)(C)c2cc(-c3cc(-c4ccc5c(c4)C(C)(C)CCC5(C)C)c4c5cccc6c5n(c4c3)-c3cccc4c3B6n3c5c-4cccc5c4c3c3cccc5c3n4B3c4c-5cccc4-n4c5cc(-c6ccc7c(c6)C(C)(C)CCC7(C)C)cc(-c6ccc7c(c6)C(C)(C)CCC7(C)C)c5c5cccc3c54)ccc21. The minimum Gasteiger partial charge on any atom is -0.374 e. The average Bonchev–Trinajstić information content (AvgIpc) is 1.48. The number of hydrogen-bond donors (Lipinski definition) is 0. The molecule has 548 valence electrons. The molecule has 0 N–H and O–H groups in total. The van der Waals surface area contributed by atoms with E-state index in [1.807, 2.05) is 0 Å². The van der Waals surface area contributed by atoms with Crippen molar-refractivity contribution < 1.29 is 0 Å². The normalized spacial score (nSPS) is 19.1. The molecule has 24 rings (SSSR count). The van der Waals surface area contributed by atoms with Crippen LogP contribution in [0.15, 0.2) is 206 Å². The van der Waals surface area contributed by atoms with Crippen LogP contribution in [-0.4, -0.2) is 31.8 Å².